The lowest BCUT2D eigenvalue weighted by Gasteiger charge is -2.06. The Morgan fingerprint density at radius 1 is 1.46 bits per heavy atom. The van der Waals surface area contributed by atoms with Crippen LogP contribution in [-0.4, -0.2) is 18.0 Å². The highest BCUT2D eigenvalue weighted by Gasteiger charge is 2.05. The predicted octanol–water partition coefficient (Wildman–Crippen LogP) is 3.07. The molecule has 0 saturated carbocycles. The normalized spacial score (nSPS) is 10.5. The summed E-state index contributed by atoms with van der Waals surface area (Å²) in [7, 11) is 0. The molecule has 0 saturated heterocycles. The molecule has 0 spiro atoms. The molecule has 13 heavy (non-hydrogen) atoms. The van der Waals surface area contributed by atoms with Gasteiger partial charge in [0.05, 0.1) is 17.3 Å². The highest BCUT2D eigenvalue weighted by atomic mass is 35.5. The number of nitrogens with zero attached hydrogens (tertiary/aromatic N) is 1. The summed E-state index contributed by atoms with van der Waals surface area (Å²) >= 11 is 11.2. The Hall–Kier alpha value is -0.610. The van der Waals surface area contributed by atoms with Gasteiger partial charge in [0.1, 0.15) is 5.15 Å². The second kappa shape index (κ2) is 4.58. The number of hydrogen-bond donors (Lipinski definition) is 1. The van der Waals surface area contributed by atoms with Gasteiger partial charge in [0.25, 0.3) is 6.43 Å². The van der Waals surface area contributed by atoms with Crippen LogP contribution in [0.2, 0.25) is 10.2 Å². The van der Waals surface area contributed by atoms with Crippen LogP contribution in [0, 0.1) is 0 Å². The van der Waals surface area contributed by atoms with Crippen molar-refractivity contribution in [1.29, 1.82) is 0 Å². The molecule has 0 fully saturated rings. The lowest BCUT2D eigenvalue weighted by Crippen LogP contribution is -2.10. The molecule has 1 aromatic heterocycles. The van der Waals surface area contributed by atoms with Crippen molar-refractivity contribution in [3.05, 3.63) is 22.4 Å². The van der Waals surface area contributed by atoms with Gasteiger partial charge >= 0.3 is 0 Å². The van der Waals surface area contributed by atoms with E-state index < -0.39 is 13.0 Å². The van der Waals surface area contributed by atoms with Crippen LogP contribution < -0.4 is 5.32 Å². The summed E-state index contributed by atoms with van der Waals surface area (Å²) in [6.07, 6.45) is -1.12. The second-order valence-corrected chi connectivity index (χ2v) is 3.05. The van der Waals surface area contributed by atoms with Gasteiger partial charge in [-0.3, -0.25) is 0 Å². The van der Waals surface area contributed by atoms with Gasteiger partial charge < -0.3 is 5.32 Å². The van der Waals surface area contributed by atoms with Crippen LogP contribution in [0.1, 0.15) is 0 Å². The topological polar surface area (TPSA) is 24.9 Å². The Balaban J connectivity index is 2.70. The maximum atomic E-state index is 11.8. The molecule has 0 unspecified atom stereocenters. The minimum Gasteiger partial charge on any atom is -0.378 e. The first-order chi connectivity index (χ1) is 6.09. The van der Waals surface area contributed by atoms with E-state index in [9.17, 15) is 8.78 Å². The number of rotatable bonds is 3. The molecule has 0 radical (unpaired) electrons. The van der Waals surface area contributed by atoms with Gasteiger partial charge in [-0.2, -0.15) is 0 Å². The molecule has 1 rings (SSSR count). The average molecular weight is 227 g/mol. The fraction of sp³-hybridized carbons (Fsp3) is 0.286. The molecule has 2 nitrogen and oxygen atoms in total. The predicted molar refractivity (Wildman–Crippen MR) is 48.8 cm³/mol. The molecule has 0 atom stereocenters. The summed E-state index contributed by atoms with van der Waals surface area (Å²) in [5.74, 6) is 0. The second-order valence-electron chi connectivity index (χ2n) is 2.26. The standard InChI is InChI=1S/C7H6Cl2F2N2/c8-4-2-13-6(9)1-5(4)12-3-7(10)11/h1-2,7H,3H2,(H,12,13). The SMILES string of the molecule is FC(F)CNc1cc(Cl)ncc1Cl. The third kappa shape index (κ3) is 3.32. The van der Waals surface area contributed by atoms with Gasteiger partial charge in [-0.15, -0.1) is 0 Å². The molecule has 0 aliphatic rings. The van der Waals surface area contributed by atoms with E-state index in [1.165, 1.54) is 12.3 Å². The van der Waals surface area contributed by atoms with Gasteiger partial charge in [-0.1, -0.05) is 23.2 Å². The molecule has 1 N–H and O–H groups in total. The number of halogens is 4. The molecule has 1 aromatic rings. The summed E-state index contributed by atoms with van der Waals surface area (Å²) in [6.45, 7) is -0.458. The molecule has 0 aromatic carbocycles. The first-order valence-electron chi connectivity index (χ1n) is 3.42. The fourth-order valence-corrected chi connectivity index (χ4v) is 1.06. The molecule has 6 heteroatoms. The van der Waals surface area contributed by atoms with E-state index >= 15 is 0 Å². The average Bonchev–Trinajstić information content (AvgIpc) is 2.06. The smallest absolute Gasteiger partial charge is 0.255 e. The van der Waals surface area contributed by atoms with E-state index in [-0.39, 0.29) is 10.2 Å². The van der Waals surface area contributed by atoms with Crippen molar-refractivity contribution in [2.75, 3.05) is 11.9 Å². The van der Waals surface area contributed by atoms with Crippen molar-refractivity contribution in [1.82, 2.24) is 4.98 Å². The highest BCUT2D eigenvalue weighted by Crippen LogP contribution is 2.23. The molecule has 0 amide bonds. The summed E-state index contributed by atoms with van der Waals surface area (Å²) in [5.41, 5.74) is 0.363. The Morgan fingerprint density at radius 2 is 2.15 bits per heavy atom. The Labute approximate surface area is 83.9 Å². The first kappa shape index (κ1) is 10.5. The molecular formula is C7H6Cl2F2N2. The third-order valence-corrected chi connectivity index (χ3v) is 1.78. The van der Waals surface area contributed by atoms with Crippen molar-refractivity contribution < 1.29 is 8.78 Å². The van der Waals surface area contributed by atoms with Crippen molar-refractivity contribution >= 4 is 28.9 Å². The molecular weight excluding hydrogens is 221 g/mol. The molecule has 0 aliphatic heterocycles. The highest BCUT2D eigenvalue weighted by molar-refractivity contribution is 6.34. The molecule has 1 heterocycles. The summed E-state index contributed by atoms with van der Waals surface area (Å²) < 4.78 is 23.6. The zero-order valence-corrected chi connectivity index (χ0v) is 7.91. The van der Waals surface area contributed by atoms with E-state index in [0.717, 1.165) is 0 Å². The monoisotopic (exact) mass is 226 g/mol. The van der Waals surface area contributed by atoms with Gasteiger partial charge in [0, 0.05) is 12.3 Å². The molecule has 0 bridgehead atoms. The van der Waals surface area contributed by atoms with E-state index in [2.05, 4.69) is 10.3 Å². The zero-order chi connectivity index (χ0) is 9.84. The van der Waals surface area contributed by atoms with Gasteiger partial charge in [0.2, 0.25) is 0 Å². The van der Waals surface area contributed by atoms with E-state index in [1.807, 2.05) is 0 Å². The van der Waals surface area contributed by atoms with E-state index in [4.69, 9.17) is 23.2 Å². The van der Waals surface area contributed by atoms with Crippen LogP contribution in [0.3, 0.4) is 0 Å². The van der Waals surface area contributed by atoms with Crippen LogP contribution >= 0.6 is 23.2 Å². The first-order valence-corrected chi connectivity index (χ1v) is 4.18. The number of hydrogen-bond acceptors (Lipinski definition) is 2. The maximum absolute atomic E-state index is 11.8. The van der Waals surface area contributed by atoms with Crippen molar-refractivity contribution in [2.45, 2.75) is 6.43 Å². The quantitative estimate of drug-likeness (QED) is 0.802. The van der Waals surface area contributed by atoms with Crippen LogP contribution in [-0.2, 0) is 0 Å². The summed E-state index contributed by atoms with van der Waals surface area (Å²) in [6, 6.07) is 1.40. The van der Waals surface area contributed by atoms with Crippen molar-refractivity contribution in [3.8, 4) is 0 Å². The minimum absolute atomic E-state index is 0.209. The summed E-state index contributed by atoms with van der Waals surface area (Å²) in [5, 5.41) is 2.92. The van der Waals surface area contributed by atoms with Gasteiger partial charge in [-0.25, -0.2) is 13.8 Å². The van der Waals surface area contributed by atoms with E-state index in [1.54, 1.807) is 0 Å². The number of alkyl halides is 2. The number of aromatic nitrogens is 1. The number of pyridine rings is 1. The number of anilines is 1. The van der Waals surface area contributed by atoms with Crippen molar-refractivity contribution in [2.24, 2.45) is 0 Å². The van der Waals surface area contributed by atoms with Crippen LogP contribution in [0.15, 0.2) is 12.3 Å². The summed E-state index contributed by atoms with van der Waals surface area (Å²) in [4.78, 5) is 3.67. The van der Waals surface area contributed by atoms with Gasteiger partial charge in [-0.05, 0) is 0 Å². The lowest BCUT2D eigenvalue weighted by molar-refractivity contribution is 0.163. The van der Waals surface area contributed by atoms with E-state index in [0.29, 0.717) is 5.69 Å². The molecule has 0 aliphatic carbocycles. The molecule has 72 valence electrons. The number of nitrogens with one attached hydrogen (secondary N) is 1. The van der Waals surface area contributed by atoms with Gasteiger partial charge in [0.15, 0.2) is 0 Å². The maximum Gasteiger partial charge on any atom is 0.255 e. The Kier molecular flexibility index (Phi) is 3.69. The zero-order valence-electron chi connectivity index (χ0n) is 6.40. The fourth-order valence-electron chi connectivity index (χ4n) is 0.736. The Morgan fingerprint density at radius 3 is 2.77 bits per heavy atom. The van der Waals surface area contributed by atoms with Crippen LogP contribution in [0.25, 0.3) is 0 Å². The largest absolute Gasteiger partial charge is 0.378 e. The minimum atomic E-state index is -2.43. The van der Waals surface area contributed by atoms with Crippen molar-refractivity contribution in [3.63, 3.8) is 0 Å². The van der Waals surface area contributed by atoms with Crippen LogP contribution in [0.5, 0.6) is 0 Å². The van der Waals surface area contributed by atoms with Crippen LogP contribution in [0.4, 0.5) is 14.5 Å². The Bertz CT molecular complexity index is 294. The lowest BCUT2D eigenvalue weighted by atomic mass is 10.4. The third-order valence-electron chi connectivity index (χ3n) is 1.27.